The number of carbonyl (C=O) groups excluding carboxylic acids is 2. The molecule has 0 spiro atoms. The molecule has 2 aromatic heterocycles. The van der Waals surface area contributed by atoms with Crippen LogP contribution < -0.4 is 10.6 Å². The summed E-state index contributed by atoms with van der Waals surface area (Å²) in [6, 6.07) is 9.58. The molecular formula is C30H33F3N6O5. The summed E-state index contributed by atoms with van der Waals surface area (Å²) in [5.41, 5.74) is 3.66. The van der Waals surface area contributed by atoms with Gasteiger partial charge in [-0.25, -0.2) is 9.67 Å². The Morgan fingerprint density at radius 3 is 2.59 bits per heavy atom. The zero-order valence-electron chi connectivity index (χ0n) is 24.4. The van der Waals surface area contributed by atoms with E-state index in [0.717, 1.165) is 22.0 Å². The fraction of sp³-hybridized carbons (Fsp3) is 0.367. The Balaban J connectivity index is 1.59. The number of rotatable bonds is 13. The molecule has 2 amide bonds. The van der Waals surface area contributed by atoms with Gasteiger partial charge in [-0.3, -0.25) is 14.4 Å². The Kier molecular flexibility index (Phi) is 10.0. The molecule has 2 heterocycles. The van der Waals surface area contributed by atoms with E-state index in [-0.39, 0.29) is 24.8 Å². The summed E-state index contributed by atoms with van der Waals surface area (Å²) in [4.78, 5) is 40.6. The van der Waals surface area contributed by atoms with E-state index in [0.29, 0.717) is 53.9 Å². The number of amides is 2. The number of anilines is 1. The first-order valence-corrected chi connectivity index (χ1v) is 13.9. The predicted octanol–water partition coefficient (Wildman–Crippen LogP) is 4.59. The van der Waals surface area contributed by atoms with Gasteiger partial charge in [0, 0.05) is 48.4 Å². The topological polar surface area (TPSA) is 140 Å². The van der Waals surface area contributed by atoms with Gasteiger partial charge in [-0.2, -0.15) is 13.2 Å². The molecule has 11 nitrogen and oxygen atoms in total. The molecule has 4 aromatic rings. The van der Waals surface area contributed by atoms with Crippen molar-refractivity contribution in [2.24, 2.45) is 0 Å². The Hall–Kier alpha value is -4.72. The van der Waals surface area contributed by atoms with E-state index >= 15 is 0 Å². The molecule has 0 aliphatic rings. The lowest BCUT2D eigenvalue weighted by Crippen LogP contribution is -2.27. The highest BCUT2D eigenvalue weighted by Crippen LogP contribution is 2.28. The van der Waals surface area contributed by atoms with Crippen LogP contribution in [0.5, 0.6) is 0 Å². The highest BCUT2D eigenvalue weighted by molar-refractivity contribution is 6.00. The van der Waals surface area contributed by atoms with Crippen LogP contribution in [0.15, 0.2) is 48.9 Å². The van der Waals surface area contributed by atoms with Crippen molar-refractivity contribution in [3.63, 3.8) is 0 Å². The molecule has 4 rings (SSSR count). The number of aliphatic carboxylic acids is 1. The molecule has 1 atom stereocenters. The van der Waals surface area contributed by atoms with E-state index < -0.39 is 24.0 Å². The van der Waals surface area contributed by atoms with Crippen molar-refractivity contribution >= 4 is 34.4 Å². The summed E-state index contributed by atoms with van der Waals surface area (Å²) < 4.78 is 46.7. The maximum Gasteiger partial charge on any atom is 0.453 e. The van der Waals surface area contributed by atoms with Crippen LogP contribution in [0.2, 0.25) is 0 Å². The molecule has 44 heavy (non-hydrogen) atoms. The average molecular weight is 615 g/mol. The molecule has 3 N–H and O–H groups in total. The quantitative estimate of drug-likeness (QED) is 0.187. The molecule has 1 unspecified atom stereocenters. The van der Waals surface area contributed by atoms with Gasteiger partial charge in [0.25, 0.3) is 11.7 Å². The van der Waals surface area contributed by atoms with Crippen LogP contribution >= 0.6 is 0 Å². The summed E-state index contributed by atoms with van der Waals surface area (Å²) in [7, 11) is 1.54. The lowest BCUT2D eigenvalue weighted by atomic mass is 10.0. The van der Waals surface area contributed by atoms with Crippen molar-refractivity contribution in [3.8, 4) is 0 Å². The third-order valence-electron chi connectivity index (χ3n) is 7.09. The third-order valence-corrected chi connectivity index (χ3v) is 7.09. The van der Waals surface area contributed by atoms with Gasteiger partial charge in [-0.1, -0.05) is 18.2 Å². The van der Waals surface area contributed by atoms with Gasteiger partial charge >= 0.3 is 12.1 Å². The van der Waals surface area contributed by atoms with Crippen LogP contribution in [-0.4, -0.2) is 62.5 Å². The molecule has 0 aliphatic carbocycles. The highest BCUT2D eigenvalue weighted by atomic mass is 19.4. The maximum absolute atomic E-state index is 13.6. The van der Waals surface area contributed by atoms with Gasteiger partial charge in [0.2, 0.25) is 5.91 Å². The van der Waals surface area contributed by atoms with Crippen molar-refractivity contribution in [1.29, 1.82) is 0 Å². The number of hydrogen-bond donors (Lipinski definition) is 3. The minimum atomic E-state index is -4.68. The first kappa shape index (κ1) is 32.2. The summed E-state index contributed by atoms with van der Waals surface area (Å²) in [5.74, 6) is -2.86. The fourth-order valence-corrected chi connectivity index (χ4v) is 4.79. The van der Waals surface area contributed by atoms with Crippen molar-refractivity contribution in [3.05, 3.63) is 77.0 Å². The molecule has 0 aliphatic heterocycles. The Bertz CT molecular complexity index is 1660. The number of nitrogens with zero attached hydrogens (tertiary/aromatic N) is 4. The van der Waals surface area contributed by atoms with Gasteiger partial charge in [-0.15, -0.1) is 5.10 Å². The van der Waals surface area contributed by atoms with Crippen LogP contribution in [0, 0.1) is 6.92 Å². The predicted molar refractivity (Wildman–Crippen MR) is 155 cm³/mol. The van der Waals surface area contributed by atoms with E-state index in [2.05, 4.69) is 20.7 Å². The van der Waals surface area contributed by atoms with Gasteiger partial charge < -0.3 is 25.0 Å². The van der Waals surface area contributed by atoms with Crippen molar-refractivity contribution < 1.29 is 37.4 Å². The summed E-state index contributed by atoms with van der Waals surface area (Å²) >= 11 is 0. The number of benzene rings is 2. The van der Waals surface area contributed by atoms with Crippen molar-refractivity contribution in [2.75, 3.05) is 25.6 Å². The summed E-state index contributed by atoms with van der Waals surface area (Å²) in [6.07, 6.45) is -1.26. The van der Waals surface area contributed by atoms with E-state index in [1.165, 1.54) is 0 Å². The van der Waals surface area contributed by atoms with E-state index in [4.69, 9.17) is 9.84 Å². The Labute approximate surface area is 251 Å². The highest BCUT2D eigenvalue weighted by Gasteiger charge is 2.35. The molecule has 0 radical (unpaired) electrons. The number of nitrogens with one attached hydrogen (secondary N) is 2. The van der Waals surface area contributed by atoms with Crippen molar-refractivity contribution in [2.45, 2.75) is 51.9 Å². The van der Waals surface area contributed by atoms with E-state index in [1.807, 2.05) is 19.2 Å². The second-order valence-electron chi connectivity index (χ2n) is 10.4. The van der Waals surface area contributed by atoms with Crippen LogP contribution in [0.25, 0.3) is 10.9 Å². The van der Waals surface area contributed by atoms with Gasteiger partial charge in [0.05, 0.1) is 13.2 Å². The Morgan fingerprint density at radius 2 is 1.91 bits per heavy atom. The number of carbonyl (C=O) groups is 3. The first-order chi connectivity index (χ1) is 20.9. The first-order valence-electron chi connectivity index (χ1n) is 13.9. The second-order valence-corrected chi connectivity index (χ2v) is 10.4. The number of halogens is 3. The number of hydrogen-bond acceptors (Lipinski definition) is 6. The number of fused-ring (bicyclic) bond motifs is 1. The minimum absolute atomic E-state index is 0.0342. The molecule has 0 bridgehead atoms. The monoisotopic (exact) mass is 614 g/mol. The minimum Gasteiger partial charge on any atom is -0.481 e. The number of alkyl halides is 3. The van der Waals surface area contributed by atoms with Crippen molar-refractivity contribution in [1.82, 2.24) is 24.6 Å². The van der Waals surface area contributed by atoms with Gasteiger partial charge in [0.1, 0.15) is 12.4 Å². The van der Waals surface area contributed by atoms with E-state index in [1.54, 1.807) is 48.9 Å². The summed E-state index contributed by atoms with van der Waals surface area (Å²) in [5, 5.41) is 19.1. The Morgan fingerprint density at radius 1 is 1.14 bits per heavy atom. The standard InChI is InChI=1S/C30H33F3N6O5/c1-18-15-39(25-14-22(9-10-23(18)25)28(43)34-11-12-44-3)19(2)27(42)36-24-13-20(7-8-21(24)5-4-6-26(40)41)16-38-17-35-29(37-38)30(31,32)33/h7-10,13-15,17,19H,4-6,11-12,16H2,1-3H3,(H,34,43)(H,36,42)(H,40,41). The zero-order chi connectivity index (χ0) is 32.0. The smallest absolute Gasteiger partial charge is 0.453 e. The molecule has 0 saturated heterocycles. The zero-order valence-corrected chi connectivity index (χ0v) is 24.4. The average Bonchev–Trinajstić information content (AvgIpc) is 3.58. The van der Waals surface area contributed by atoms with Gasteiger partial charge in [-0.05, 0) is 61.6 Å². The number of ether oxygens (including phenoxy) is 1. The third kappa shape index (κ3) is 7.81. The van der Waals surface area contributed by atoms with E-state index in [9.17, 15) is 27.6 Å². The van der Waals surface area contributed by atoms with Crippen LogP contribution in [-0.2, 0) is 33.5 Å². The number of aromatic nitrogens is 4. The molecular weight excluding hydrogens is 581 g/mol. The maximum atomic E-state index is 13.6. The SMILES string of the molecule is COCCNC(=O)c1ccc2c(C)cn(C(C)C(=O)Nc3cc(Cn4cnc(C(F)(F)F)n4)ccc3CCCC(=O)O)c2c1. The molecule has 0 saturated carbocycles. The number of aryl methyl sites for hydroxylation is 2. The lowest BCUT2D eigenvalue weighted by molar-refractivity contribution is -0.145. The molecule has 2 aromatic carbocycles. The van der Waals surface area contributed by atoms with Crippen LogP contribution in [0.4, 0.5) is 18.9 Å². The molecule has 0 fully saturated rings. The largest absolute Gasteiger partial charge is 0.481 e. The van der Waals surface area contributed by atoms with Gasteiger partial charge in [0.15, 0.2) is 0 Å². The molecule has 234 valence electrons. The number of methoxy groups -OCH3 is 1. The lowest BCUT2D eigenvalue weighted by Gasteiger charge is -2.18. The second kappa shape index (κ2) is 13.7. The van der Waals surface area contributed by atoms with Crippen LogP contribution in [0.3, 0.4) is 0 Å². The normalized spacial score (nSPS) is 12.3. The summed E-state index contributed by atoms with van der Waals surface area (Å²) in [6.45, 7) is 4.30. The number of carboxylic acids is 1. The fourth-order valence-electron chi connectivity index (χ4n) is 4.79. The number of carboxylic acid groups (broad SMARTS) is 1. The van der Waals surface area contributed by atoms with Crippen LogP contribution in [0.1, 0.15) is 58.7 Å². The molecule has 14 heteroatoms.